The molecular formula is C13H28N2O2. The lowest BCUT2D eigenvalue weighted by molar-refractivity contribution is 0.150. The van der Waals surface area contributed by atoms with Crippen molar-refractivity contribution in [2.45, 2.75) is 32.2 Å². The van der Waals surface area contributed by atoms with E-state index >= 15 is 0 Å². The summed E-state index contributed by atoms with van der Waals surface area (Å²) in [5.74, 6) is 0.695. The minimum atomic E-state index is 0.275. The van der Waals surface area contributed by atoms with Crippen LogP contribution in [0.3, 0.4) is 0 Å². The van der Waals surface area contributed by atoms with E-state index in [0.29, 0.717) is 12.0 Å². The summed E-state index contributed by atoms with van der Waals surface area (Å²) in [7, 11) is 1.78. The van der Waals surface area contributed by atoms with Crippen molar-refractivity contribution in [1.82, 2.24) is 10.2 Å². The van der Waals surface area contributed by atoms with E-state index in [1.54, 1.807) is 7.11 Å². The lowest BCUT2D eigenvalue weighted by Crippen LogP contribution is -2.41. The van der Waals surface area contributed by atoms with Crippen LogP contribution in [0.5, 0.6) is 0 Å². The molecule has 1 fully saturated rings. The third-order valence-electron chi connectivity index (χ3n) is 3.41. The highest BCUT2D eigenvalue weighted by atomic mass is 16.5. The quantitative estimate of drug-likeness (QED) is 0.627. The molecule has 2 N–H and O–H groups in total. The van der Waals surface area contributed by atoms with Crippen molar-refractivity contribution in [3.05, 3.63) is 0 Å². The van der Waals surface area contributed by atoms with Crippen LogP contribution in [0.1, 0.15) is 26.2 Å². The smallest absolute Gasteiger partial charge is 0.0503 e. The predicted molar refractivity (Wildman–Crippen MR) is 70.2 cm³/mol. The van der Waals surface area contributed by atoms with Gasteiger partial charge in [-0.05, 0) is 38.3 Å². The lowest BCUT2D eigenvalue weighted by Gasteiger charge is -2.24. The Hall–Kier alpha value is -0.160. The standard InChI is InChI=1S/C13H28N2O2/c1-3-6-14-13(5-8-16)10-15-7-4-12(9-15)11-17-2/h12-14,16H,3-11H2,1-2H3. The Morgan fingerprint density at radius 3 is 3.00 bits per heavy atom. The Balaban J connectivity index is 2.24. The van der Waals surface area contributed by atoms with Crippen LogP contribution in [-0.2, 0) is 4.74 Å². The summed E-state index contributed by atoms with van der Waals surface area (Å²) in [6.45, 7) is 7.74. The largest absolute Gasteiger partial charge is 0.396 e. The summed E-state index contributed by atoms with van der Waals surface area (Å²) in [4.78, 5) is 2.49. The van der Waals surface area contributed by atoms with Gasteiger partial charge in [0.15, 0.2) is 0 Å². The maximum atomic E-state index is 9.07. The van der Waals surface area contributed by atoms with Gasteiger partial charge in [0.2, 0.25) is 0 Å². The lowest BCUT2D eigenvalue weighted by atomic mass is 10.1. The number of aliphatic hydroxyl groups is 1. The zero-order valence-electron chi connectivity index (χ0n) is 11.3. The van der Waals surface area contributed by atoms with Gasteiger partial charge in [-0.3, -0.25) is 0 Å². The van der Waals surface area contributed by atoms with Crippen molar-refractivity contribution in [2.24, 2.45) is 5.92 Å². The van der Waals surface area contributed by atoms with Crippen LogP contribution in [-0.4, -0.2) is 62.6 Å². The Bertz CT molecular complexity index is 190. The molecule has 0 aromatic carbocycles. The predicted octanol–water partition coefficient (Wildman–Crippen LogP) is 0.705. The molecule has 0 bridgehead atoms. The maximum absolute atomic E-state index is 9.07. The Kier molecular flexibility index (Phi) is 7.77. The van der Waals surface area contributed by atoms with Gasteiger partial charge in [-0.25, -0.2) is 0 Å². The zero-order chi connectivity index (χ0) is 12.5. The highest BCUT2D eigenvalue weighted by Crippen LogP contribution is 2.16. The molecule has 1 aliphatic heterocycles. The fourth-order valence-electron chi connectivity index (χ4n) is 2.52. The van der Waals surface area contributed by atoms with Crippen LogP contribution in [0, 0.1) is 5.92 Å². The maximum Gasteiger partial charge on any atom is 0.0503 e. The number of nitrogens with one attached hydrogen (secondary N) is 1. The Morgan fingerprint density at radius 2 is 2.35 bits per heavy atom. The summed E-state index contributed by atoms with van der Waals surface area (Å²) < 4.78 is 5.21. The number of ether oxygens (including phenoxy) is 1. The average molecular weight is 244 g/mol. The fourth-order valence-corrected chi connectivity index (χ4v) is 2.52. The number of rotatable bonds is 9. The molecule has 2 unspecified atom stereocenters. The minimum absolute atomic E-state index is 0.275. The number of aliphatic hydroxyl groups excluding tert-OH is 1. The normalized spacial score (nSPS) is 23.1. The van der Waals surface area contributed by atoms with E-state index in [4.69, 9.17) is 9.84 Å². The molecule has 0 radical (unpaired) electrons. The fraction of sp³-hybridized carbons (Fsp3) is 1.00. The molecule has 4 heteroatoms. The third kappa shape index (κ3) is 5.82. The van der Waals surface area contributed by atoms with Gasteiger partial charge in [0.05, 0.1) is 6.61 Å². The van der Waals surface area contributed by atoms with Gasteiger partial charge in [-0.2, -0.15) is 0 Å². The molecule has 17 heavy (non-hydrogen) atoms. The van der Waals surface area contributed by atoms with Gasteiger partial charge in [-0.15, -0.1) is 0 Å². The molecule has 1 saturated heterocycles. The van der Waals surface area contributed by atoms with E-state index in [0.717, 1.165) is 39.1 Å². The van der Waals surface area contributed by atoms with Crippen molar-refractivity contribution in [3.63, 3.8) is 0 Å². The molecule has 0 aromatic heterocycles. The first-order chi connectivity index (χ1) is 8.30. The summed E-state index contributed by atoms with van der Waals surface area (Å²) in [5, 5.41) is 12.6. The summed E-state index contributed by atoms with van der Waals surface area (Å²) in [5.41, 5.74) is 0. The van der Waals surface area contributed by atoms with E-state index in [9.17, 15) is 0 Å². The number of hydrogen-bond acceptors (Lipinski definition) is 4. The molecule has 102 valence electrons. The first kappa shape index (κ1) is 14.9. The van der Waals surface area contributed by atoms with Crippen molar-refractivity contribution in [2.75, 3.05) is 46.5 Å². The van der Waals surface area contributed by atoms with E-state index in [1.165, 1.54) is 13.0 Å². The molecule has 2 atom stereocenters. The summed E-state index contributed by atoms with van der Waals surface area (Å²) >= 11 is 0. The second-order valence-corrected chi connectivity index (χ2v) is 5.03. The monoisotopic (exact) mass is 244 g/mol. The molecule has 1 heterocycles. The van der Waals surface area contributed by atoms with Crippen LogP contribution in [0.15, 0.2) is 0 Å². The summed E-state index contributed by atoms with van der Waals surface area (Å²) in [6, 6.07) is 0.432. The molecular weight excluding hydrogens is 216 g/mol. The minimum Gasteiger partial charge on any atom is -0.396 e. The van der Waals surface area contributed by atoms with Gasteiger partial charge < -0.3 is 20.1 Å². The third-order valence-corrected chi connectivity index (χ3v) is 3.41. The Labute approximate surface area is 105 Å². The van der Waals surface area contributed by atoms with Gasteiger partial charge in [0.25, 0.3) is 0 Å². The first-order valence-electron chi connectivity index (χ1n) is 6.85. The number of likely N-dealkylation sites (tertiary alicyclic amines) is 1. The van der Waals surface area contributed by atoms with Crippen LogP contribution in [0.4, 0.5) is 0 Å². The van der Waals surface area contributed by atoms with E-state index in [2.05, 4.69) is 17.1 Å². The van der Waals surface area contributed by atoms with E-state index in [1.807, 2.05) is 0 Å². The van der Waals surface area contributed by atoms with E-state index < -0.39 is 0 Å². The highest BCUT2D eigenvalue weighted by molar-refractivity contribution is 4.79. The van der Waals surface area contributed by atoms with Crippen molar-refractivity contribution in [1.29, 1.82) is 0 Å². The number of nitrogens with zero attached hydrogens (tertiary/aromatic N) is 1. The molecule has 0 saturated carbocycles. The average Bonchev–Trinajstić information content (AvgIpc) is 2.74. The molecule has 4 nitrogen and oxygen atoms in total. The first-order valence-corrected chi connectivity index (χ1v) is 6.85. The molecule has 0 spiro atoms. The van der Waals surface area contributed by atoms with E-state index in [-0.39, 0.29) is 6.61 Å². The van der Waals surface area contributed by atoms with Crippen molar-refractivity contribution in [3.8, 4) is 0 Å². The topological polar surface area (TPSA) is 44.7 Å². The second kappa shape index (κ2) is 8.86. The zero-order valence-corrected chi connectivity index (χ0v) is 11.3. The summed E-state index contributed by atoms with van der Waals surface area (Å²) in [6.07, 6.45) is 3.24. The SMILES string of the molecule is CCCNC(CCO)CN1CCC(COC)C1. The molecule has 0 aliphatic carbocycles. The van der Waals surface area contributed by atoms with Crippen LogP contribution >= 0.6 is 0 Å². The molecule has 1 aliphatic rings. The van der Waals surface area contributed by atoms with Gasteiger partial charge in [0.1, 0.15) is 0 Å². The Morgan fingerprint density at radius 1 is 1.53 bits per heavy atom. The van der Waals surface area contributed by atoms with Crippen LogP contribution < -0.4 is 5.32 Å². The molecule has 1 rings (SSSR count). The molecule has 0 amide bonds. The highest BCUT2D eigenvalue weighted by Gasteiger charge is 2.24. The van der Waals surface area contributed by atoms with Crippen LogP contribution in [0.25, 0.3) is 0 Å². The molecule has 0 aromatic rings. The second-order valence-electron chi connectivity index (χ2n) is 5.03. The van der Waals surface area contributed by atoms with Crippen LogP contribution in [0.2, 0.25) is 0 Å². The van der Waals surface area contributed by atoms with Crippen molar-refractivity contribution < 1.29 is 9.84 Å². The van der Waals surface area contributed by atoms with Gasteiger partial charge in [-0.1, -0.05) is 6.92 Å². The van der Waals surface area contributed by atoms with Gasteiger partial charge >= 0.3 is 0 Å². The number of methoxy groups -OCH3 is 1. The van der Waals surface area contributed by atoms with Gasteiger partial charge in [0, 0.05) is 32.8 Å². The van der Waals surface area contributed by atoms with Crippen molar-refractivity contribution >= 4 is 0 Å². The number of hydrogen-bond donors (Lipinski definition) is 2.